The largest absolute Gasteiger partial charge is 0.345 e. The van der Waals surface area contributed by atoms with Crippen LogP contribution in [-0.4, -0.2) is 18.3 Å². The molecule has 0 aliphatic rings. The fraction of sp³-hybridized carbons (Fsp3) is 0.0625. The van der Waals surface area contributed by atoms with E-state index in [1.165, 1.54) is 12.1 Å². The first-order valence-electron chi connectivity index (χ1n) is 7.20. The van der Waals surface area contributed by atoms with E-state index in [2.05, 4.69) is 4.98 Å². The first-order chi connectivity index (χ1) is 12.0. The van der Waals surface area contributed by atoms with Gasteiger partial charge in [-0.05, 0) is 29.0 Å². The van der Waals surface area contributed by atoms with Gasteiger partial charge in [0.15, 0.2) is 0 Å². The minimum Gasteiger partial charge on any atom is -0.257 e. The fourth-order valence-corrected chi connectivity index (χ4v) is 4.55. The van der Waals surface area contributed by atoms with Gasteiger partial charge in [0.2, 0.25) is 5.13 Å². The Morgan fingerprint density at radius 2 is 1.64 bits per heavy atom. The van der Waals surface area contributed by atoms with E-state index in [1.54, 1.807) is 42.5 Å². The lowest BCUT2D eigenvalue weighted by molar-refractivity contribution is -0.380. The highest BCUT2D eigenvalue weighted by molar-refractivity contribution is 7.93. The van der Waals surface area contributed by atoms with Crippen LogP contribution in [0.4, 0.5) is 10.1 Å². The van der Waals surface area contributed by atoms with Crippen molar-refractivity contribution in [2.45, 2.75) is 11.4 Å². The predicted molar refractivity (Wildman–Crippen MR) is 95.0 cm³/mol. The number of aromatic nitrogens is 1. The van der Waals surface area contributed by atoms with E-state index in [0.29, 0.717) is 0 Å². The highest BCUT2D eigenvalue weighted by Gasteiger charge is 2.29. The monoisotopic (exact) mass is 375 g/mol. The van der Waals surface area contributed by atoms with E-state index in [1.807, 2.05) is 6.07 Å². The van der Waals surface area contributed by atoms with E-state index in [9.17, 15) is 18.5 Å². The van der Waals surface area contributed by atoms with Crippen LogP contribution in [0, 0.1) is 10.1 Å². The summed E-state index contributed by atoms with van der Waals surface area (Å²) >= 11 is 0.726. The van der Waals surface area contributed by atoms with Crippen LogP contribution < -0.4 is 4.31 Å². The fourth-order valence-electron chi connectivity index (χ4n) is 2.18. The van der Waals surface area contributed by atoms with Gasteiger partial charge < -0.3 is 0 Å². The molecular formula is C16H13N3O4S2. The molecule has 0 radical (unpaired) electrons. The van der Waals surface area contributed by atoms with E-state index in [4.69, 9.17) is 0 Å². The quantitative estimate of drug-likeness (QED) is 0.486. The first kappa shape index (κ1) is 17.1. The number of sulfonamides is 1. The summed E-state index contributed by atoms with van der Waals surface area (Å²) in [5.41, 5.74) is 0.750. The van der Waals surface area contributed by atoms with Crippen molar-refractivity contribution in [2.24, 2.45) is 0 Å². The number of nitro groups is 1. The second-order valence-corrected chi connectivity index (χ2v) is 7.90. The maximum Gasteiger partial charge on any atom is 0.345 e. The van der Waals surface area contributed by atoms with Crippen LogP contribution in [0.2, 0.25) is 0 Å². The van der Waals surface area contributed by atoms with Crippen LogP contribution in [0.15, 0.2) is 71.8 Å². The molecule has 0 amide bonds. The summed E-state index contributed by atoms with van der Waals surface area (Å²) in [5, 5.41) is 10.8. The number of thiazole rings is 1. The van der Waals surface area contributed by atoms with Crippen molar-refractivity contribution >= 4 is 31.5 Å². The van der Waals surface area contributed by atoms with Crippen LogP contribution in [0.1, 0.15) is 5.56 Å². The molecule has 128 valence electrons. The molecule has 0 fully saturated rings. The number of hydrogen-bond donors (Lipinski definition) is 0. The second kappa shape index (κ2) is 6.99. The van der Waals surface area contributed by atoms with Crippen molar-refractivity contribution in [3.05, 3.63) is 82.5 Å². The molecule has 0 saturated heterocycles. The molecule has 0 aliphatic carbocycles. The van der Waals surface area contributed by atoms with Gasteiger partial charge in [0.1, 0.15) is 6.20 Å². The molecule has 0 spiro atoms. The van der Waals surface area contributed by atoms with Crippen molar-refractivity contribution in [3.8, 4) is 0 Å². The maximum atomic E-state index is 13.0. The lowest BCUT2D eigenvalue weighted by Crippen LogP contribution is -2.30. The first-order valence-corrected chi connectivity index (χ1v) is 9.46. The Kier molecular flexibility index (Phi) is 4.77. The molecule has 3 rings (SSSR count). The number of anilines is 1. The van der Waals surface area contributed by atoms with Gasteiger partial charge in [-0.1, -0.05) is 48.5 Å². The zero-order chi connectivity index (χ0) is 17.9. The third kappa shape index (κ3) is 3.67. The Morgan fingerprint density at radius 3 is 2.20 bits per heavy atom. The van der Waals surface area contributed by atoms with Crippen LogP contribution in [-0.2, 0) is 16.6 Å². The smallest absolute Gasteiger partial charge is 0.257 e. The molecule has 25 heavy (non-hydrogen) atoms. The Bertz CT molecular complexity index is 973. The van der Waals surface area contributed by atoms with Crippen molar-refractivity contribution < 1.29 is 13.3 Å². The summed E-state index contributed by atoms with van der Waals surface area (Å²) in [6.45, 7) is 0.0305. The summed E-state index contributed by atoms with van der Waals surface area (Å²) in [6.07, 6.45) is 1.07. The molecule has 0 saturated carbocycles. The molecule has 0 bridgehead atoms. The van der Waals surface area contributed by atoms with Crippen LogP contribution >= 0.6 is 11.3 Å². The number of nitrogens with zero attached hydrogens (tertiary/aromatic N) is 3. The van der Waals surface area contributed by atoms with Crippen LogP contribution in [0.25, 0.3) is 0 Å². The molecule has 9 heteroatoms. The number of benzene rings is 2. The van der Waals surface area contributed by atoms with E-state index in [-0.39, 0.29) is 21.6 Å². The standard InChI is InChI=1S/C16H13N3O4S2/c20-19(21)15-11-17-16(24-15)18(12-13-7-3-1-4-8-13)25(22,23)14-9-5-2-6-10-14/h1-11H,12H2. The van der Waals surface area contributed by atoms with Crippen molar-refractivity contribution in [1.29, 1.82) is 0 Å². The lowest BCUT2D eigenvalue weighted by Gasteiger charge is -2.21. The van der Waals surface area contributed by atoms with Crippen molar-refractivity contribution in [2.75, 3.05) is 4.31 Å². The average Bonchev–Trinajstić information content (AvgIpc) is 3.11. The molecule has 2 aromatic carbocycles. The molecular weight excluding hydrogens is 362 g/mol. The highest BCUT2D eigenvalue weighted by Crippen LogP contribution is 2.33. The third-order valence-corrected chi connectivity index (χ3v) is 6.21. The molecule has 3 aromatic rings. The molecule has 7 nitrogen and oxygen atoms in total. The second-order valence-electron chi connectivity index (χ2n) is 5.05. The van der Waals surface area contributed by atoms with Crippen molar-refractivity contribution in [3.63, 3.8) is 0 Å². The number of hydrogen-bond acceptors (Lipinski definition) is 6. The summed E-state index contributed by atoms with van der Waals surface area (Å²) < 4.78 is 27.2. The zero-order valence-corrected chi connectivity index (χ0v) is 14.5. The zero-order valence-electron chi connectivity index (χ0n) is 12.8. The topological polar surface area (TPSA) is 93.4 Å². The van der Waals surface area contributed by atoms with Gasteiger partial charge in [0.05, 0.1) is 16.4 Å². The predicted octanol–water partition coefficient (Wildman–Crippen LogP) is 3.45. The Balaban J connectivity index is 2.06. The van der Waals surface area contributed by atoms with Gasteiger partial charge >= 0.3 is 5.00 Å². The molecule has 0 atom stereocenters. The van der Waals surface area contributed by atoms with E-state index < -0.39 is 14.9 Å². The van der Waals surface area contributed by atoms with Gasteiger partial charge in [-0.25, -0.2) is 17.7 Å². The maximum absolute atomic E-state index is 13.0. The third-order valence-electron chi connectivity index (χ3n) is 3.37. The normalized spacial score (nSPS) is 11.2. The highest BCUT2D eigenvalue weighted by atomic mass is 32.2. The summed E-state index contributed by atoms with van der Waals surface area (Å²) in [5.74, 6) is 0. The number of rotatable bonds is 6. The Hall–Kier alpha value is -2.78. The lowest BCUT2D eigenvalue weighted by atomic mass is 10.2. The Morgan fingerprint density at radius 1 is 1.04 bits per heavy atom. The van der Waals surface area contributed by atoms with Gasteiger partial charge in [0, 0.05) is 0 Å². The van der Waals surface area contributed by atoms with E-state index in [0.717, 1.165) is 27.4 Å². The summed E-state index contributed by atoms with van der Waals surface area (Å²) in [6, 6.07) is 16.9. The van der Waals surface area contributed by atoms with E-state index >= 15 is 0 Å². The van der Waals surface area contributed by atoms with Gasteiger partial charge in [-0.3, -0.25) is 10.1 Å². The minimum absolute atomic E-state index is 0.0305. The van der Waals surface area contributed by atoms with Crippen LogP contribution in [0.5, 0.6) is 0 Å². The van der Waals surface area contributed by atoms with Gasteiger partial charge in [0.25, 0.3) is 10.0 Å². The van der Waals surface area contributed by atoms with Gasteiger partial charge in [-0.15, -0.1) is 0 Å². The molecule has 1 heterocycles. The molecule has 0 aliphatic heterocycles. The minimum atomic E-state index is -3.91. The molecule has 0 unspecified atom stereocenters. The van der Waals surface area contributed by atoms with Gasteiger partial charge in [-0.2, -0.15) is 0 Å². The Labute approximate surface area is 148 Å². The van der Waals surface area contributed by atoms with Crippen molar-refractivity contribution in [1.82, 2.24) is 4.98 Å². The summed E-state index contributed by atoms with van der Waals surface area (Å²) in [4.78, 5) is 14.4. The van der Waals surface area contributed by atoms with Crippen LogP contribution in [0.3, 0.4) is 0 Å². The average molecular weight is 375 g/mol. The SMILES string of the molecule is O=[N+]([O-])c1cnc(N(Cc2ccccc2)S(=O)(=O)c2ccccc2)s1. The molecule has 1 aromatic heterocycles. The summed E-state index contributed by atoms with van der Waals surface area (Å²) in [7, 11) is -3.91. The molecule has 0 N–H and O–H groups in total.